The van der Waals surface area contributed by atoms with Gasteiger partial charge in [-0.3, -0.25) is 14.7 Å². The molecular weight excluding hydrogens is 280 g/mol. The molecule has 0 unspecified atom stereocenters. The fraction of sp³-hybridized carbons (Fsp3) is 0.583. The summed E-state index contributed by atoms with van der Waals surface area (Å²) < 4.78 is 17.1. The number of aromatic amines is 1. The second kappa shape index (κ2) is 4.52. The van der Waals surface area contributed by atoms with Crippen LogP contribution in [0.1, 0.15) is 46.5 Å². The van der Waals surface area contributed by atoms with Gasteiger partial charge in [-0.05, 0) is 13.8 Å². The van der Waals surface area contributed by atoms with Crippen LogP contribution in [0.4, 0.5) is 0 Å². The molecule has 0 bridgehead atoms. The Bertz CT molecular complexity index is 611. The van der Waals surface area contributed by atoms with Crippen molar-refractivity contribution in [1.29, 1.82) is 0 Å². The first-order valence-electron chi connectivity index (χ1n) is 6.45. The first kappa shape index (κ1) is 14.0. The molecule has 1 aromatic heterocycles. The number of nitrogens with two attached hydrogens (primary N) is 2. The summed E-state index contributed by atoms with van der Waals surface area (Å²) >= 11 is 0. The number of ether oxygens (including phenoxy) is 3. The van der Waals surface area contributed by atoms with Crippen molar-refractivity contribution in [2.24, 2.45) is 11.5 Å². The van der Waals surface area contributed by atoms with Crippen LogP contribution in [-0.2, 0) is 14.2 Å². The lowest BCUT2D eigenvalue weighted by Gasteiger charge is -2.21. The van der Waals surface area contributed by atoms with Crippen molar-refractivity contribution in [2.75, 3.05) is 6.61 Å². The minimum Gasteiger partial charge on any atom is -0.366 e. The highest BCUT2D eigenvalue weighted by Crippen LogP contribution is 2.42. The minimum atomic E-state index is -0.843. The lowest BCUT2D eigenvalue weighted by Crippen LogP contribution is -2.27. The van der Waals surface area contributed by atoms with Crippen molar-refractivity contribution in [2.45, 2.75) is 37.9 Å². The van der Waals surface area contributed by atoms with Crippen molar-refractivity contribution < 1.29 is 23.8 Å². The van der Waals surface area contributed by atoms with E-state index in [0.29, 0.717) is 6.61 Å². The van der Waals surface area contributed by atoms with Crippen LogP contribution in [-0.4, -0.2) is 46.6 Å². The normalized spacial score (nSPS) is 30.3. The summed E-state index contributed by atoms with van der Waals surface area (Å²) in [5.74, 6) is -2.39. The zero-order valence-electron chi connectivity index (χ0n) is 11.6. The predicted molar refractivity (Wildman–Crippen MR) is 68.1 cm³/mol. The molecule has 5 N–H and O–H groups in total. The standard InChI is InChI=1S/C12H16N4O5/c1-12(2)20-4-3-19-9(8(4)21-12)6-5(10(13)17)7(11(14)18)16-15-6/h4,8-9H,3H2,1-2H3,(H2,13,17)(H2,14,18)(H,15,16)/t4-,8-,9+/m1/s1. The topological polar surface area (TPSA) is 143 Å². The highest BCUT2D eigenvalue weighted by Gasteiger charge is 2.52. The number of nitrogens with one attached hydrogen (secondary N) is 1. The Morgan fingerprint density at radius 3 is 2.62 bits per heavy atom. The Morgan fingerprint density at radius 1 is 1.29 bits per heavy atom. The Balaban J connectivity index is 1.98. The second-order valence-electron chi connectivity index (χ2n) is 5.48. The summed E-state index contributed by atoms with van der Waals surface area (Å²) in [4.78, 5) is 22.9. The maximum absolute atomic E-state index is 11.6. The summed E-state index contributed by atoms with van der Waals surface area (Å²) in [6.45, 7) is 3.89. The van der Waals surface area contributed by atoms with Gasteiger partial charge in [0.15, 0.2) is 11.5 Å². The van der Waals surface area contributed by atoms with E-state index in [-0.39, 0.29) is 23.1 Å². The van der Waals surface area contributed by atoms with Crippen LogP contribution in [0.5, 0.6) is 0 Å². The van der Waals surface area contributed by atoms with Gasteiger partial charge < -0.3 is 25.7 Å². The molecule has 3 heterocycles. The molecule has 3 atom stereocenters. The van der Waals surface area contributed by atoms with Gasteiger partial charge in [-0.1, -0.05) is 0 Å². The third-order valence-electron chi connectivity index (χ3n) is 3.52. The molecule has 1 aromatic rings. The highest BCUT2D eigenvalue weighted by molar-refractivity contribution is 6.05. The van der Waals surface area contributed by atoms with Crippen LogP contribution in [0.3, 0.4) is 0 Å². The van der Waals surface area contributed by atoms with E-state index < -0.39 is 29.8 Å². The molecule has 9 nitrogen and oxygen atoms in total. The number of hydrogen-bond donors (Lipinski definition) is 3. The fourth-order valence-corrected chi connectivity index (χ4v) is 2.78. The van der Waals surface area contributed by atoms with Gasteiger partial charge in [-0.2, -0.15) is 5.10 Å². The number of hydrogen-bond acceptors (Lipinski definition) is 6. The molecule has 0 radical (unpaired) electrons. The SMILES string of the molecule is CC1(C)O[C@@H]2[C@@H](CO[C@H]2c2[nH]nc(C(N)=O)c2C(N)=O)O1. The quantitative estimate of drug-likeness (QED) is 0.666. The largest absolute Gasteiger partial charge is 0.366 e. The van der Waals surface area contributed by atoms with Gasteiger partial charge in [0, 0.05) is 0 Å². The first-order chi connectivity index (χ1) is 9.80. The molecule has 3 rings (SSSR count). The maximum Gasteiger partial charge on any atom is 0.270 e. The monoisotopic (exact) mass is 296 g/mol. The molecule has 9 heteroatoms. The van der Waals surface area contributed by atoms with Gasteiger partial charge >= 0.3 is 0 Å². The van der Waals surface area contributed by atoms with Crippen molar-refractivity contribution in [3.63, 3.8) is 0 Å². The zero-order valence-corrected chi connectivity index (χ0v) is 11.6. The lowest BCUT2D eigenvalue weighted by molar-refractivity contribution is -0.176. The van der Waals surface area contributed by atoms with E-state index in [2.05, 4.69) is 10.2 Å². The van der Waals surface area contributed by atoms with Gasteiger partial charge in [-0.15, -0.1) is 0 Å². The number of aromatic nitrogens is 2. The van der Waals surface area contributed by atoms with Crippen molar-refractivity contribution in [1.82, 2.24) is 10.2 Å². The average Bonchev–Trinajstić information content (AvgIpc) is 2.99. The van der Waals surface area contributed by atoms with E-state index in [1.807, 2.05) is 0 Å². The van der Waals surface area contributed by atoms with E-state index in [1.165, 1.54) is 0 Å². The summed E-state index contributed by atoms with van der Waals surface area (Å²) in [7, 11) is 0. The van der Waals surface area contributed by atoms with Crippen LogP contribution in [0.25, 0.3) is 0 Å². The zero-order chi connectivity index (χ0) is 15.4. The van der Waals surface area contributed by atoms with Gasteiger partial charge in [0.2, 0.25) is 0 Å². The Hall–Kier alpha value is -1.97. The number of H-pyrrole nitrogens is 1. The van der Waals surface area contributed by atoms with Gasteiger partial charge in [0.25, 0.3) is 11.8 Å². The first-order valence-corrected chi connectivity index (χ1v) is 6.45. The van der Waals surface area contributed by atoms with Crippen LogP contribution in [0.15, 0.2) is 0 Å². The van der Waals surface area contributed by atoms with Crippen molar-refractivity contribution in [3.8, 4) is 0 Å². The Kier molecular flexibility index (Phi) is 3.01. The summed E-state index contributed by atoms with van der Waals surface area (Å²) in [5, 5.41) is 6.36. The third-order valence-corrected chi connectivity index (χ3v) is 3.52. The minimum absolute atomic E-state index is 0.0681. The number of rotatable bonds is 3. The molecule has 2 fully saturated rings. The molecule has 21 heavy (non-hydrogen) atoms. The highest BCUT2D eigenvalue weighted by atomic mass is 16.8. The molecule has 2 aliphatic heterocycles. The van der Waals surface area contributed by atoms with E-state index in [1.54, 1.807) is 13.8 Å². The van der Waals surface area contributed by atoms with Gasteiger partial charge in [0.05, 0.1) is 17.9 Å². The molecule has 114 valence electrons. The number of nitrogens with zero attached hydrogens (tertiary/aromatic N) is 1. The number of primary amides is 2. The summed E-state index contributed by atoms with van der Waals surface area (Å²) in [6, 6.07) is 0. The molecule has 0 saturated carbocycles. The Labute approximate surface area is 119 Å². The summed E-state index contributed by atoms with van der Waals surface area (Å²) in [5.41, 5.74) is 10.5. The molecular formula is C12H16N4O5. The van der Waals surface area contributed by atoms with Crippen LogP contribution >= 0.6 is 0 Å². The maximum atomic E-state index is 11.6. The molecule has 0 spiro atoms. The molecule has 0 aromatic carbocycles. The molecule has 2 amide bonds. The lowest BCUT2D eigenvalue weighted by atomic mass is 10.0. The van der Waals surface area contributed by atoms with E-state index in [4.69, 9.17) is 25.7 Å². The molecule has 0 aliphatic carbocycles. The Morgan fingerprint density at radius 2 is 2.00 bits per heavy atom. The van der Waals surface area contributed by atoms with Crippen LogP contribution < -0.4 is 11.5 Å². The van der Waals surface area contributed by atoms with E-state index in [9.17, 15) is 9.59 Å². The molecule has 2 aliphatic rings. The second-order valence-corrected chi connectivity index (χ2v) is 5.48. The smallest absolute Gasteiger partial charge is 0.270 e. The number of carbonyl (C=O) groups excluding carboxylic acids is 2. The number of amides is 2. The van der Waals surface area contributed by atoms with Gasteiger partial charge in [-0.25, -0.2) is 0 Å². The third kappa shape index (κ3) is 2.19. The van der Waals surface area contributed by atoms with Gasteiger partial charge in [0.1, 0.15) is 18.3 Å². The predicted octanol–water partition coefficient (Wildman–Crippen LogP) is -0.801. The summed E-state index contributed by atoms with van der Waals surface area (Å²) in [6.07, 6.45) is -1.30. The average molecular weight is 296 g/mol. The van der Waals surface area contributed by atoms with E-state index >= 15 is 0 Å². The fourth-order valence-electron chi connectivity index (χ4n) is 2.78. The van der Waals surface area contributed by atoms with Crippen LogP contribution in [0, 0.1) is 0 Å². The van der Waals surface area contributed by atoms with Crippen molar-refractivity contribution in [3.05, 3.63) is 17.0 Å². The van der Waals surface area contributed by atoms with E-state index in [0.717, 1.165) is 0 Å². The van der Waals surface area contributed by atoms with Crippen LogP contribution in [0.2, 0.25) is 0 Å². The van der Waals surface area contributed by atoms with Crippen molar-refractivity contribution >= 4 is 11.8 Å². The molecule has 2 saturated heterocycles. The number of fused-ring (bicyclic) bond motifs is 1. The number of carbonyl (C=O) groups is 2.